The van der Waals surface area contributed by atoms with Crippen LogP contribution in [0.1, 0.15) is 9.67 Å². The van der Waals surface area contributed by atoms with Gasteiger partial charge in [-0.2, -0.15) is 0 Å². The van der Waals surface area contributed by atoms with Crippen LogP contribution in [0.3, 0.4) is 0 Å². The molecule has 1 fully saturated rings. The molecular formula is C16H8Cl2N2O4S. The summed E-state index contributed by atoms with van der Waals surface area (Å²) in [5.41, 5.74) is 0.0801. The van der Waals surface area contributed by atoms with Crippen LogP contribution in [0.4, 0.5) is 5.69 Å². The normalized spacial score (nSPS) is 22.0. The molecule has 4 rings (SSSR count). The summed E-state index contributed by atoms with van der Waals surface area (Å²) < 4.78 is 0. The van der Waals surface area contributed by atoms with Crippen molar-refractivity contribution < 1.29 is 19.2 Å². The van der Waals surface area contributed by atoms with E-state index in [4.69, 9.17) is 28.0 Å². The highest BCUT2D eigenvalue weighted by atomic mass is 35.5. The lowest BCUT2D eigenvalue weighted by Crippen LogP contribution is -2.34. The minimum absolute atomic E-state index is 0.0774. The number of carbonyl (C=O) groups excluding carboxylic acids is 3. The van der Waals surface area contributed by atoms with Crippen LogP contribution < -0.4 is 4.90 Å². The number of fused-ring (bicyclic) bond motifs is 1. The van der Waals surface area contributed by atoms with E-state index in [9.17, 15) is 14.4 Å². The predicted octanol–water partition coefficient (Wildman–Crippen LogP) is 3.18. The van der Waals surface area contributed by atoms with Gasteiger partial charge in [0.25, 0.3) is 5.91 Å². The molecule has 0 saturated carbocycles. The molecule has 0 aliphatic carbocycles. The second-order valence-electron chi connectivity index (χ2n) is 5.39. The zero-order valence-electron chi connectivity index (χ0n) is 12.3. The maximum absolute atomic E-state index is 12.8. The first kappa shape index (κ1) is 16.3. The van der Waals surface area contributed by atoms with E-state index in [2.05, 4.69) is 5.16 Å². The van der Waals surface area contributed by atoms with Crippen LogP contribution in [0.15, 0.2) is 40.9 Å². The second-order valence-corrected chi connectivity index (χ2v) is 7.19. The van der Waals surface area contributed by atoms with Crippen molar-refractivity contribution in [2.24, 2.45) is 11.1 Å². The monoisotopic (exact) mass is 394 g/mol. The number of benzene rings is 1. The van der Waals surface area contributed by atoms with Gasteiger partial charge in [0, 0.05) is 5.02 Å². The van der Waals surface area contributed by atoms with Crippen molar-refractivity contribution in [1.82, 2.24) is 0 Å². The molecule has 1 saturated heterocycles. The summed E-state index contributed by atoms with van der Waals surface area (Å²) in [5, 5.41) is 5.94. The molecule has 25 heavy (non-hydrogen) atoms. The maximum Gasteiger partial charge on any atom is 0.279 e. The lowest BCUT2D eigenvalue weighted by molar-refractivity contribution is -0.126. The smallest absolute Gasteiger partial charge is 0.279 e. The number of nitrogens with zero attached hydrogens (tertiary/aromatic N) is 2. The predicted molar refractivity (Wildman–Crippen MR) is 93.4 cm³/mol. The lowest BCUT2D eigenvalue weighted by Gasteiger charge is -2.16. The van der Waals surface area contributed by atoms with Crippen LogP contribution >= 0.6 is 34.5 Å². The first-order valence-electron chi connectivity index (χ1n) is 7.14. The lowest BCUT2D eigenvalue weighted by atomic mass is 9.96. The molecule has 9 heteroatoms. The van der Waals surface area contributed by atoms with E-state index >= 15 is 0 Å². The third kappa shape index (κ3) is 2.47. The molecule has 0 spiro atoms. The van der Waals surface area contributed by atoms with Gasteiger partial charge in [-0.05, 0) is 29.6 Å². The van der Waals surface area contributed by atoms with Gasteiger partial charge < -0.3 is 4.84 Å². The van der Waals surface area contributed by atoms with E-state index in [1.807, 2.05) is 0 Å². The number of halogens is 2. The average Bonchev–Trinajstić information content (AvgIpc) is 3.30. The Morgan fingerprint density at radius 1 is 1.20 bits per heavy atom. The van der Waals surface area contributed by atoms with Crippen molar-refractivity contribution >= 4 is 63.5 Å². The Labute approximate surface area is 155 Å². The fourth-order valence-corrected chi connectivity index (χ4v) is 3.84. The number of anilines is 1. The molecule has 2 amide bonds. The molecule has 1 aromatic carbocycles. The van der Waals surface area contributed by atoms with Gasteiger partial charge in [-0.15, -0.1) is 11.3 Å². The third-order valence-corrected chi connectivity index (χ3v) is 5.36. The van der Waals surface area contributed by atoms with E-state index in [0.717, 1.165) is 4.90 Å². The van der Waals surface area contributed by atoms with Crippen LogP contribution in [0.2, 0.25) is 10.0 Å². The van der Waals surface area contributed by atoms with Crippen molar-refractivity contribution in [2.75, 3.05) is 4.90 Å². The van der Waals surface area contributed by atoms with Gasteiger partial charge in [0.15, 0.2) is 0 Å². The van der Waals surface area contributed by atoms with Gasteiger partial charge >= 0.3 is 0 Å². The van der Waals surface area contributed by atoms with E-state index in [-0.39, 0.29) is 16.4 Å². The summed E-state index contributed by atoms with van der Waals surface area (Å²) in [6.45, 7) is 0. The summed E-state index contributed by atoms with van der Waals surface area (Å²) >= 11 is 13.3. The Bertz CT molecular complexity index is 942. The van der Waals surface area contributed by atoms with E-state index < -0.39 is 29.6 Å². The van der Waals surface area contributed by atoms with Gasteiger partial charge in [-0.1, -0.05) is 34.4 Å². The molecule has 2 aliphatic rings. The molecular weight excluding hydrogens is 387 g/mol. The van der Waals surface area contributed by atoms with Crippen molar-refractivity contribution in [1.29, 1.82) is 0 Å². The first-order valence-corrected chi connectivity index (χ1v) is 8.77. The summed E-state index contributed by atoms with van der Waals surface area (Å²) in [6, 6.07) is 7.78. The molecule has 0 radical (unpaired) electrons. The highest BCUT2D eigenvalue weighted by Crippen LogP contribution is 2.38. The zero-order chi connectivity index (χ0) is 17.7. The Morgan fingerprint density at radius 3 is 2.72 bits per heavy atom. The number of rotatable bonds is 3. The zero-order valence-corrected chi connectivity index (χ0v) is 14.6. The Kier molecular flexibility index (Phi) is 3.87. The third-order valence-electron chi connectivity index (χ3n) is 3.94. The van der Waals surface area contributed by atoms with Crippen LogP contribution in [-0.2, 0) is 14.4 Å². The number of ketones is 1. The summed E-state index contributed by atoms with van der Waals surface area (Å²) in [7, 11) is 0. The van der Waals surface area contributed by atoms with Crippen molar-refractivity contribution in [2.45, 2.75) is 6.10 Å². The largest absolute Gasteiger partial charge is 0.381 e. The number of thiophene rings is 1. The number of hydrogen-bond acceptors (Lipinski definition) is 6. The van der Waals surface area contributed by atoms with Gasteiger partial charge in [-0.25, -0.2) is 4.90 Å². The number of carbonyl (C=O) groups is 3. The average molecular weight is 395 g/mol. The fraction of sp³-hybridized carbons (Fsp3) is 0.125. The molecule has 0 bridgehead atoms. The highest BCUT2D eigenvalue weighted by Gasteiger charge is 2.57. The number of hydrogen-bond donors (Lipinski definition) is 0. The fourth-order valence-electron chi connectivity index (χ4n) is 2.79. The molecule has 126 valence electrons. The molecule has 2 aromatic rings. The molecule has 2 atom stereocenters. The minimum Gasteiger partial charge on any atom is -0.381 e. The Hall–Kier alpha value is -2.22. The molecule has 1 aromatic heterocycles. The Balaban J connectivity index is 1.71. The van der Waals surface area contributed by atoms with E-state index in [1.165, 1.54) is 23.5 Å². The van der Waals surface area contributed by atoms with Crippen LogP contribution in [0, 0.1) is 5.92 Å². The highest BCUT2D eigenvalue weighted by molar-refractivity contribution is 7.13. The number of Topliss-reactive ketones (excluding diaryl/α,β-unsaturated/α-hetero) is 1. The van der Waals surface area contributed by atoms with Crippen molar-refractivity contribution in [3.63, 3.8) is 0 Å². The van der Waals surface area contributed by atoms with E-state index in [0.29, 0.717) is 9.90 Å². The van der Waals surface area contributed by atoms with Crippen LogP contribution in [0.5, 0.6) is 0 Å². The number of amides is 2. The topological polar surface area (TPSA) is 76.0 Å². The second kappa shape index (κ2) is 5.94. The van der Waals surface area contributed by atoms with Crippen LogP contribution in [0.25, 0.3) is 0 Å². The van der Waals surface area contributed by atoms with E-state index in [1.54, 1.807) is 23.6 Å². The standard InChI is InChI=1S/C16H8Cl2N2O4S/c17-7-3-4-8(18)9(6-7)20-15(22)11-12(19-24-14(11)16(20)23)13(21)10-2-1-5-25-10/h1-6,11,14H/t11-,14-/m1/s1. The van der Waals surface area contributed by atoms with Crippen molar-refractivity contribution in [3.05, 3.63) is 50.6 Å². The van der Waals surface area contributed by atoms with Crippen molar-refractivity contribution in [3.8, 4) is 0 Å². The summed E-state index contributed by atoms with van der Waals surface area (Å²) in [4.78, 5) is 44.4. The molecule has 2 aliphatic heterocycles. The quantitative estimate of drug-likeness (QED) is 0.591. The number of oxime groups is 1. The molecule has 6 nitrogen and oxygen atoms in total. The SMILES string of the molecule is O=C(C1=NO[C@H]2C(=O)N(c3cc(Cl)ccc3Cl)C(=O)[C@H]12)c1cccs1. The molecule has 3 heterocycles. The van der Waals surface area contributed by atoms with Gasteiger partial charge in [0.1, 0.15) is 11.6 Å². The molecule has 0 unspecified atom stereocenters. The first-order chi connectivity index (χ1) is 12.0. The van der Waals surface area contributed by atoms with Crippen LogP contribution in [-0.4, -0.2) is 29.4 Å². The van der Waals surface area contributed by atoms with Gasteiger partial charge in [0.05, 0.1) is 15.6 Å². The van der Waals surface area contributed by atoms with Gasteiger partial charge in [0.2, 0.25) is 17.8 Å². The maximum atomic E-state index is 12.8. The summed E-state index contributed by atoms with van der Waals surface area (Å²) in [6.07, 6.45) is -1.17. The molecule has 0 N–H and O–H groups in total. The minimum atomic E-state index is -1.17. The number of imide groups is 1. The Morgan fingerprint density at radius 2 is 2.00 bits per heavy atom. The van der Waals surface area contributed by atoms with Gasteiger partial charge in [-0.3, -0.25) is 14.4 Å². The summed E-state index contributed by atoms with van der Waals surface area (Å²) in [5.74, 6) is -2.75.